The van der Waals surface area contributed by atoms with Gasteiger partial charge in [0.15, 0.2) is 0 Å². The minimum atomic E-state index is -0.155. The van der Waals surface area contributed by atoms with Crippen LogP contribution >= 0.6 is 11.6 Å². The van der Waals surface area contributed by atoms with Crippen molar-refractivity contribution in [1.29, 1.82) is 0 Å². The molecule has 0 aliphatic heterocycles. The number of hydrogen-bond acceptors (Lipinski definition) is 7. The van der Waals surface area contributed by atoms with Crippen molar-refractivity contribution in [2.75, 3.05) is 16.8 Å². The van der Waals surface area contributed by atoms with Crippen LogP contribution in [0.3, 0.4) is 0 Å². The van der Waals surface area contributed by atoms with E-state index in [-0.39, 0.29) is 12.0 Å². The summed E-state index contributed by atoms with van der Waals surface area (Å²) in [5, 5.41) is 4.61. The summed E-state index contributed by atoms with van der Waals surface area (Å²) in [7, 11) is 0. The van der Waals surface area contributed by atoms with Gasteiger partial charge in [-0.15, -0.1) is 0 Å². The van der Waals surface area contributed by atoms with Gasteiger partial charge in [0.2, 0.25) is 11.9 Å². The molecule has 0 fully saturated rings. The summed E-state index contributed by atoms with van der Waals surface area (Å²) in [5.74, 6) is 0.939. The lowest BCUT2D eigenvalue weighted by atomic mass is 10.1. The number of pyridine rings is 1. The molecule has 7 nitrogen and oxygen atoms in total. The van der Waals surface area contributed by atoms with E-state index >= 15 is 0 Å². The number of benzene rings is 1. The van der Waals surface area contributed by atoms with E-state index in [1.165, 1.54) is 6.33 Å². The summed E-state index contributed by atoms with van der Waals surface area (Å²) in [4.78, 5) is 16.2. The molecule has 112 valence electrons. The maximum Gasteiger partial charge on any atom is 0.227 e. The fraction of sp³-hybridized carbons (Fsp3) is 0.143. The van der Waals surface area contributed by atoms with Crippen molar-refractivity contribution in [3.8, 4) is 0 Å². The van der Waals surface area contributed by atoms with Crippen LogP contribution in [-0.4, -0.2) is 19.9 Å². The second-order valence-electron chi connectivity index (χ2n) is 4.81. The molecular formula is C14H14ClN7. The van der Waals surface area contributed by atoms with Gasteiger partial charge in [-0.1, -0.05) is 23.7 Å². The maximum atomic E-state index is 6.13. The number of nitrogen functional groups attached to an aromatic ring is 2. The predicted octanol–water partition coefficient (Wildman–Crippen LogP) is 2.41. The molecule has 5 N–H and O–H groups in total. The topological polar surface area (TPSA) is 116 Å². The summed E-state index contributed by atoms with van der Waals surface area (Å²) in [6.45, 7) is 1.93. The van der Waals surface area contributed by atoms with Gasteiger partial charge in [-0.3, -0.25) is 0 Å². The third-order valence-electron chi connectivity index (χ3n) is 3.26. The lowest BCUT2D eigenvalue weighted by Gasteiger charge is -2.16. The van der Waals surface area contributed by atoms with Crippen molar-refractivity contribution >= 4 is 40.2 Å². The van der Waals surface area contributed by atoms with Crippen LogP contribution < -0.4 is 16.8 Å². The van der Waals surface area contributed by atoms with Crippen LogP contribution in [0.1, 0.15) is 18.5 Å². The molecule has 22 heavy (non-hydrogen) atoms. The lowest BCUT2D eigenvalue weighted by Crippen LogP contribution is -2.13. The standard InChI is InChI=1S/C14H14ClN7/c1-7(20-14-19-6-18-13(17)22-14)9-5-8-3-2-4-10(15)11(8)21-12(9)16/h2-7H,1H3,(H2,16,21)(H3,17,18,19,20,22). The third kappa shape index (κ3) is 2.71. The third-order valence-corrected chi connectivity index (χ3v) is 3.56. The number of fused-ring (bicyclic) bond motifs is 1. The second-order valence-corrected chi connectivity index (χ2v) is 5.21. The van der Waals surface area contributed by atoms with Gasteiger partial charge in [0, 0.05) is 10.9 Å². The van der Waals surface area contributed by atoms with Crippen molar-refractivity contribution < 1.29 is 0 Å². The van der Waals surface area contributed by atoms with E-state index in [2.05, 4.69) is 25.3 Å². The van der Waals surface area contributed by atoms with Crippen molar-refractivity contribution in [1.82, 2.24) is 19.9 Å². The van der Waals surface area contributed by atoms with E-state index in [9.17, 15) is 0 Å². The van der Waals surface area contributed by atoms with Crippen molar-refractivity contribution in [3.05, 3.63) is 41.2 Å². The highest BCUT2D eigenvalue weighted by Gasteiger charge is 2.14. The Hall–Kier alpha value is -2.67. The Labute approximate surface area is 131 Å². The Morgan fingerprint density at radius 2 is 2.00 bits per heavy atom. The summed E-state index contributed by atoms with van der Waals surface area (Å²) in [6, 6.07) is 7.39. The normalized spacial score (nSPS) is 12.3. The van der Waals surface area contributed by atoms with Gasteiger partial charge in [0.05, 0.1) is 16.6 Å². The Bertz CT molecular complexity index is 837. The van der Waals surface area contributed by atoms with Crippen LogP contribution in [-0.2, 0) is 0 Å². The molecule has 0 bridgehead atoms. The van der Waals surface area contributed by atoms with Crippen molar-refractivity contribution in [2.45, 2.75) is 13.0 Å². The maximum absolute atomic E-state index is 6.13. The highest BCUT2D eigenvalue weighted by Crippen LogP contribution is 2.28. The monoisotopic (exact) mass is 315 g/mol. The van der Waals surface area contributed by atoms with Gasteiger partial charge in [-0.25, -0.2) is 15.0 Å². The van der Waals surface area contributed by atoms with Crippen LogP contribution in [0.25, 0.3) is 10.9 Å². The van der Waals surface area contributed by atoms with Crippen LogP contribution in [0.5, 0.6) is 0 Å². The first-order valence-electron chi connectivity index (χ1n) is 6.60. The fourth-order valence-electron chi connectivity index (χ4n) is 2.19. The van der Waals surface area contributed by atoms with Crippen LogP contribution in [0.2, 0.25) is 5.02 Å². The molecule has 8 heteroatoms. The summed E-state index contributed by atoms with van der Waals surface area (Å²) < 4.78 is 0. The average Bonchev–Trinajstić information content (AvgIpc) is 2.47. The molecule has 2 heterocycles. The van der Waals surface area contributed by atoms with Crippen LogP contribution in [0.4, 0.5) is 17.7 Å². The fourth-order valence-corrected chi connectivity index (χ4v) is 2.41. The first-order valence-corrected chi connectivity index (χ1v) is 6.98. The molecule has 1 aromatic carbocycles. The van der Waals surface area contributed by atoms with E-state index in [1.807, 2.05) is 25.1 Å². The Kier molecular flexibility index (Phi) is 3.64. The van der Waals surface area contributed by atoms with Gasteiger partial charge in [0.25, 0.3) is 0 Å². The Morgan fingerprint density at radius 1 is 1.18 bits per heavy atom. The average molecular weight is 316 g/mol. The van der Waals surface area contributed by atoms with E-state index in [0.717, 1.165) is 10.9 Å². The number of nitrogens with one attached hydrogen (secondary N) is 1. The van der Waals surface area contributed by atoms with Crippen LogP contribution in [0.15, 0.2) is 30.6 Å². The van der Waals surface area contributed by atoms with E-state index in [4.69, 9.17) is 23.1 Å². The van der Waals surface area contributed by atoms with Crippen molar-refractivity contribution in [3.63, 3.8) is 0 Å². The molecule has 0 spiro atoms. The Morgan fingerprint density at radius 3 is 2.77 bits per heavy atom. The van der Waals surface area contributed by atoms with Crippen LogP contribution in [0, 0.1) is 0 Å². The minimum absolute atomic E-state index is 0.154. The number of halogens is 1. The SMILES string of the molecule is CC(Nc1ncnc(N)n1)c1cc2cccc(Cl)c2nc1N. The minimum Gasteiger partial charge on any atom is -0.383 e. The summed E-state index contributed by atoms with van der Waals surface area (Å²) in [5.41, 5.74) is 13.1. The molecule has 2 aromatic heterocycles. The molecule has 0 saturated heterocycles. The number of hydrogen-bond donors (Lipinski definition) is 3. The zero-order valence-electron chi connectivity index (χ0n) is 11.8. The molecule has 3 rings (SSSR count). The molecule has 0 saturated carbocycles. The molecular weight excluding hydrogens is 302 g/mol. The molecule has 0 aliphatic rings. The molecule has 0 radical (unpaired) electrons. The van der Waals surface area contributed by atoms with E-state index < -0.39 is 0 Å². The summed E-state index contributed by atoms with van der Waals surface area (Å²) >= 11 is 6.13. The van der Waals surface area contributed by atoms with E-state index in [1.54, 1.807) is 6.07 Å². The number of nitrogens with two attached hydrogens (primary N) is 2. The second kappa shape index (κ2) is 5.61. The largest absolute Gasteiger partial charge is 0.383 e. The number of aromatic nitrogens is 4. The molecule has 0 aliphatic carbocycles. The highest BCUT2D eigenvalue weighted by molar-refractivity contribution is 6.35. The van der Waals surface area contributed by atoms with Gasteiger partial charge in [-0.05, 0) is 19.1 Å². The number of anilines is 3. The lowest BCUT2D eigenvalue weighted by molar-refractivity contribution is 0.855. The number of rotatable bonds is 3. The molecule has 3 aromatic rings. The highest BCUT2D eigenvalue weighted by atomic mass is 35.5. The molecule has 1 unspecified atom stereocenters. The molecule has 1 atom stereocenters. The van der Waals surface area contributed by atoms with E-state index in [0.29, 0.717) is 22.3 Å². The zero-order chi connectivity index (χ0) is 15.7. The predicted molar refractivity (Wildman–Crippen MR) is 87.4 cm³/mol. The zero-order valence-corrected chi connectivity index (χ0v) is 12.5. The van der Waals surface area contributed by atoms with Crippen molar-refractivity contribution in [2.24, 2.45) is 0 Å². The summed E-state index contributed by atoms with van der Waals surface area (Å²) in [6.07, 6.45) is 1.35. The smallest absolute Gasteiger partial charge is 0.227 e. The van der Waals surface area contributed by atoms with Gasteiger partial charge in [0.1, 0.15) is 12.1 Å². The first-order chi connectivity index (χ1) is 10.5. The molecule has 0 amide bonds. The quantitative estimate of drug-likeness (QED) is 0.679. The van der Waals surface area contributed by atoms with Gasteiger partial charge >= 0.3 is 0 Å². The van der Waals surface area contributed by atoms with Gasteiger partial charge in [-0.2, -0.15) is 4.98 Å². The van der Waals surface area contributed by atoms with Gasteiger partial charge < -0.3 is 16.8 Å². The Balaban J connectivity index is 1.97. The number of nitrogens with zero attached hydrogens (tertiary/aromatic N) is 4. The first kappa shape index (κ1) is 14.3. The number of para-hydroxylation sites is 1.